The largest absolute Gasteiger partial charge is 0.497 e. The van der Waals surface area contributed by atoms with Crippen LogP contribution in [0.1, 0.15) is 6.92 Å². The summed E-state index contributed by atoms with van der Waals surface area (Å²) >= 11 is 11.8. The van der Waals surface area contributed by atoms with Crippen molar-refractivity contribution in [2.45, 2.75) is 13.0 Å². The van der Waals surface area contributed by atoms with E-state index in [-0.39, 0.29) is 6.61 Å². The number of hydrogen-bond acceptors (Lipinski definition) is 5. The molecule has 2 rings (SSSR count). The summed E-state index contributed by atoms with van der Waals surface area (Å²) in [5.41, 5.74) is 0.335. The van der Waals surface area contributed by atoms with Crippen LogP contribution in [0.25, 0.3) is 0 Å². The number of carbonyl (C=O) groups excluding carboxylic acids is 2. The molecular weight excluding hydrogens is 381 g/mol. The number of amides is 1. The molecule has 0 heterocycles. The van der Waals surface area contributed by atoms with Crippen molar-refractivity contribution >= 4 is 40.8 Å². The molecule has 0 aliphatic heterocycles. The van der Waals surface area contributed by atoms with Crippen LogP contribution in [0.2, 0.25) is 10.0 Å². The molecule has 0 bridgehead atoms. The lowest BCUT2D eigenvalue weighted by atomic mass is 10.3. The van der Waals surface area contributed by atoms with E-state index in [1.807, 2.05) is 0 Å². The molecule has 0 aromatic heterocycles. The van der Waals surface area contributed by atoms with Crippen LogP contribution in [-0.4, -0.2) is 31.7 Å². The molecule has 0 unspecified atom stereocenters. The zero-order valence-corrected chi connectivity index (χ0v) is 15.6. The molecule has 1 N–H and O–H groups in total. The topological polar surface area (TPSA) is 73.9 Å². The maximum atomic E-state index is 12.1. The average molecular weight is 398 g/mol. The lowest BCUT2D eigenvalue weighted by Gasteiger charge is -2.14. The van der Waals surface area contributed by atoms with Gasteiger partial charge in [-0.15, -0.1) is 0 Å². The molecule has 0 radical (unpaired) electrons. The molecule has 1 amide bonds. The predicted octanol–water partition coefficient (Wildman–Crippen LogP) is 3.95. The number of anilines is 1. The molecular formula is C18H17Cl2NO5. The van der Waals surface area contributed by atoms with Crippen molar-refractivity contribution in [2.75, 3.05) is 19.0 Å². The molecule has 6 nitrogen and oxygen atoms in total. The summed E-state index contributed by atoms with van der Waals surface area (Å²) in [6.07, 6.45) is -1.03. The Kier molecular flexibility index (Phi) is 7.12. The second kappa shape index (κ2) is 9.31. The van der Waals surface area contributed by atoms with Gasteiger partial charge in [0.1, 0.15) is 11.5 Å². The third kappa shape index (κ3) is 5.82. The highest BCUT2D eigenvalue weighted by atomic mass is 35.5. The predicted molar refractivity (Wildman–Crippen MR) is 99.1 cm³/mol. The number of carbonyl (C=O) groups is 2. The number of benzene rings is 2. The molecule has 2 aromatic rings. The second-order valence-corrected chi connectivity index (χ2v) is 6.05. The maximum absolute atomic E-state index is 12.1. The van der Waals surface area contributed by atoms with Gasteiger partial charge >= 0.3 is 5.97 Å². The van der Waals surface area contributed by atoms with Gasteiger partial charge in [-0.25, -0.2) is 4.79 Å². The van der Waals surface area contributed by atoms with E-state index < -0.39 is 18.0 Å². The van der Waals surface area contributed by atoms with Gasteiger partial charge in [0, 0.05) is 5.02 Å². The second-order valence-electron chi connectivity index (χ2n) is 5.21. The van der Waals surface area contributed by atoms with Crippen LogP contribution in [0.4, 0.5) is 5.69 Å². The zero-order valence-electron chi connectivity index (χ0n) is 14.1. The molecule has 0 fully saturated rings. The smallest absolute Gasteiger partial charge is 0.344 e. The van der Waals surface area contributed by atoms with Crippen molar-refractivity contribution in [1.82, 2.24) is 0 Å². The summed E-state index contributed by atoms with van der Waals surface area (Å²) < 4.78 is 15.4. The normalized spacial score (nSPS) is 11.4. The minimum Gasteiger partial charge on any atom is -0.497 e. The summed E-state index contributed by atoms with van der Waals surface area (Å²) in [5.74, 6) is -0.0666. The number of hydrogen-bond donors (Lipinski definition) is 1. The number of nitrogens with one attached hydrogen (secondary N) is 1. The number of esters is 1. The van der Waals surface area contributed by atoms with Crippen LogP contribution in [0, 0.1) is 0 Å². The van der Waals surface area contributed by atoms with Crippen LogP contribution in [0.15, 0.2) is 42.5 Å². The summed E-state index contributed by atoms with van der Waals surface area (Å²) in [5, 5.41) is 3.30. The molecule has 0 spiro atoms. The summed E-state index contributed by atoms with van der Waals surface area (Å²) in [6, 6.07) is 11.4. The van der Waals surface area contributed by atoms with Crippen molar-refractivity contribution < 1.29 is 23.8 Å². The van der Waals surface area contributed by atoms with Gasteiger partial charge in [0.15, 0.2) is 12.7 Å². The van der Waals surface area contributed by atoms with Gasteiger partial charge in [-0.05, 0) is 49.4 Å². The van der Waals surface area contributed by atoms with Crippen LogP contribution < -0.4 is 14.8 Å². The van der Waals surface area contributed by atoms with Crippen molar-refractivity contribution in [3.8, 4) is 11.5 Å². The fourth-order valence-electron chi connectivity index (χ4n) is 1.93. The molecule has 138 valence electrons. The van der Waals surface area contributed by atoms with Crippen LogP contribution >= 0.6 is 23.2 Å². The van der Waals surface area contributed by atoms with E-state index in [0.717, 1.165) is 0 Å². The van der Waals surface area contributed by atoms with E-state index in [0.29, 0.717) is 27.2 Å². The van der Waals surface area contributed by atoms with Crippen LogP contribution in [0.5, 0.6) is 11.5 Å². The first kappa shape index (κ1) is 19.9. The third-order valence-corrected chi connectivity index (χ3v) is 3.84. The van der Waals surface area contributed by atoms with Gasteiger partial charge in [0.25, 0.3) is 5.91 Å². The van der Waals surface area contributed by atoms with Gasteiger partial charge < -0.3 is 19.5 Å². The highest BCUT2D eigenvalue weighted by Crippen LogP contribution is 2.25. The Morgan fingerprint density at radius 1 is 1.08 bits per heavy atom. The Morgan fingerprint density at radius 2 is 1.73 bits per heavy atom. The van der Waals surface area contributed by atoms with Crippen LogP contribution in [0.3, 0.4) is 0 Å². The fraction of sp³-hybridized carbons (Fsp3) is 0.222. The molecule has 0 saturated heterocycles. The Hall–Kier alpha value is -2.44. The van der Waals surface area contributed by atoms with Crippen molar-refractivity contribution in [1.29, 1.82) is 0 Å². The van der Waals surface area contributed by atoms with E-state index in [4.69, 9.17) is 37.4 Å². The lowest BCUT2D eigenvalue weighted by Crippen LogP contribution is -2.31. The van der Waals surface area contributed by atoms with Crippen LogP contribution in [-0.2, 0) is 14.3 Å². The van der Waals surface area contributed by atoms with Gasteiger partial charge in [0.2, 0.25) is 0 Å². The van der Waals surface area contributed by atoms with Crippen molar-refractivity contribution in [2.24, 2.45) is 0 Å². The summed E-state index contributed by atoms with van der Waals surface area (Å²) in [6.45, 7) is 1.11. The molecule has 8 heteroatoms. The van der Waals surface area contributed by atoms with Crippen molar-refractivity contribution in [3.63, 3.8) is 0 Å². The Labute approximate surface area is 160 Å². The monoisotopic (exact) mass is 397 g/mol. The Bertz CT molecular complexity index is 780. The van der Waals surface area contributed by atoms with E-state index in [2.05, 4.69) is 5.32 Å². The first-order valence-electron chi connectivity index (χ1n) is 7.61. The highest BCUT2D eigenvalue weighted by molar-refractivity contribution is 6.35. The van der Waals surface area contributed by atoms with E-state index in [1.165, 1.54) is 13.0 Å². The highest BCUT2D eigenvalue weighted by Gasteiger charge is 2.19. The van der Waals surface area contributed by atoms with E-state index >= 15 is 0 Å². The molecule has 1 atom stereocenters. The van der Waals surface area contributed by atoms with Crippen molar-refractivity contribution in [3.05, 3.63) is 52.5 Å². The first-order valence-corrected chi connectivity index (χ1v) is 8.37. The van der Waals surface area contributed by atoms with Gasteiger partial charge in [-0.3, -0.25) is 4.79 Å². The Balaban J connectivity index is 1.83. The number of methoxy groups -OCH3 is 1. The molecule has 2 aromatic carbocycles. The SMILES string of the molecule is COc1ccc(OCC(=O)O[C@H](C)C(=O)Nc2cc(Cl)ccc2Cl)cc1. The van der Waals surface area contributed by atoms with Gasteiger partial charge in [0.05, 0.1) is 17.8 Å². The van der Waals surface area contributed by atoms with E-state index in [1.54, 1.807) is 43.5 Å². The maximum Gasteiger partial charge on any atom is 0.344 e. The quantitative estimate of drug-likeness (QED) is 0.715. The zero-order chi connectivity index (χ0) is 19.1. The number of rotatable bonds is 7. The first-order chi connectivity index (χ1) is 12.4. The number of ether oxygens (including phenoxy) is 3. The molecule has 0 aliphatic rings. The van der Waals surface area contributed by atoms with Gasteiger partial charge in [-0.2, -0.15) is 0 Å². The lowest BCUT2D eigenvalue weighted by molar-refractivity contribution is -0.155. The minimum atomic E-state index is -1.03. The Morgan fingerprint density at radius 3 is 2.38 bits per heavy atom. The number of halogens is 2. The summed E-state index contributed by atoms with van der Waals surface area (Å²) in [4.78, 5) is 23.9. The van der Waals surface area contributed by atoms with E-state index in [9.17, 15) is 9.59 Å². The van der Waals surface area contributed by atoms with Gasteiger partial charge in [-0.1, -0.05) is 23.2 Å². The standard InChI is InChI=1S/C18H17Cl2NO5/c1-11(18(23)21-16-9-12(19)3-8-15(16)20)26-17(22)10-25-14-6-4-13(24-2)5-7-14/h3-9,11H,10H2,1-2H3,(H,21,23)/t11-/m1/s1. The summed E-state index contributed by atoms with van der Waals surface area (Å²) in [7, 11) is 1.55. The third-order valence-electron chi connectivity index (χ3n) is 3.28. The fourth-order valence-corrected chi connectivity index (χ4v) is 2.26. The molecule has 0 aliphatic carbocycles. The molecule has 26 heavy (non-hydrogen) atoms. The average Bonchev–Trinajstić information content (AvgIpc) is 2.63. The minimum absolute atomic E-state index is 0.323. The molecule has 0 saturated carbocycles.